The van der Waals surface area contributed by atoms with Crippen LogP contribution in [0.15, 0.2) is 29.6 Å². The van der Waals surface area contributed by atoms with Gasteiger partial charge in [0.2, 0.25) is 0 Å². The second kappa shape index (κ2) is 6.54. The average Bonchev–Trinajstić information content (AvgIpc) is 3.08. The second-order valence-corrected chi connectivity index (χ2v) is 6.42. The largest absolute Gasteiger partial charge is 0.373 e. The molecule has 1 aliphatic heterocycles. The molecule has 1 saturated heterocycles. The third-order valence-electron chi connectivity index (χ3n) is 3.98. The average molecular weight is 317 g/mol. The summed E-state index contributed by atoms with van der Waals surface area (Å²) >= 11 is 1.31. The fraction of sp³-hybridized carbons (Fsp3) is 0.438. The van der Waals surface area contributed by atoms with Gasteiger partial charge in [0, 0.05) is 29.7 Å². The standard InChI is InChI=1S/C16H19N3O2S/c1-16(8-2-3-9-21-16)11-17-15(20)13-6-4-12(5-7-13)14-10-22-19-18-14/h4-7,10H,2-3,8-9,11H2,1H3,(H,17,20). The quantitative estimate of drug-likeness (QED) is 0.942. The molecule has 5 nitrogen and oxygen atoms in total. The Morgan fingerprint density at radius 1 is 1.36 bits per heavy atom. The van der Waals surface area contributed by atoms with Gasteiger partial charge in [-0.25, -0.2) is 0 Å². The summed E-state index contributed by atoms with van der Waals surface area (Å²) in [5.74, 6) is -0.0710. The van der Waals surface area contributed by atoms with Crippen LogP contribution in [0.3, 0.4) is 0 Å². The molecule has 0 bridgehead atoms. The summed E-state index contributed by atoms with van der Waals surface area (Å²) in [6, 6.07) is 7.41. The summed E-state index contributed by atoms with van der Waals surface area (Å²) in [6.07, 6.45) is 3.25. The molecular weight excluding hydrogens is 298 g/mol. The van der Waals surface area contributed by atoms with Crippen LogP contribution in [0.1, 0.15) is 36.5 Å². The van der Waals surface area contributed by atoms with Crippen LogP contribution in [-0.2, 0) is 4.74 Å². The molecule has 1 aromatic heterocycles. The van der Waals surface area contributed by atoms with E-state index in [1.807, 2.05) is 29.6 Å². The summed E-state index contributed by atoms with van der Waals surface area (Å²) in [5.41, 5.74) is 2.21. The zero-order valence-electron chi connectivity index (χ0n) is 12.5. The Bertz CT molecular complexity index is 619. The molecule has 0 radical (unpaired) electrons. The van der Waals surface area contributed by atoms with E-state index in [9.17, 15) is 4.79 Å². The van der Waals surface area contributed by atoms with Gasteiger partial charge in [-0.2, -0.15) is 0 Å². The molecule has 2 heterocycles. The third-order valence-corrected chi connectivity index (χ3v) is 4.48. The molecule has 0 spiro atoms. The molecule has 0 saturated carbocycles. The van der Waals surface area contributed by atoms with Gasteiger partial charge in [0.05, 0.1) is 5.60 Å². The molecule has 1 N–H and O–H groups in total. The Hall–Kier alpha value is -1.79. The summed E-state index contributed by atoms with van der Waals surface area (Å²) in [6.45, 7) is 3.39. The highest BCUT2D eigenvalue weighted by molar-refractivity contribution is 7.03. The number of nitrogens with zero attached hydrogens (tertiary/aromatic N) is 2. The van der Waals surface area contributed by atoms with E-state index < -0.39 is 0 Å². The lowest BCUT2D eigenvalue weighted by molar-refractivity contribution is -0.0618. The van der Waals surface area contributed by atoms with Crippen molar-refractivity contribution in [1.29, 1.82) is 0 Å². The van der Waals surface area contributed by atoms with Crippen molar-refractivity contribution >= 4 is 17.4 Å². The zero-order valence-corrected chi connectivity index (χ0v) is 13.4. The van der Waals surface area contributed by atoms with Gasteiger partial charge in [-0.15, -0.1) is 5.10 Å². The van der Waals surface area contributed by atoms with Gasteiger partial charge in [0.1, 0.15) is 5.69 Å². The number of nitrogens with one attached hydrogen (secondary N) is 1. The van der Waals surface area contributed by atoms with Crippen LogP contribution in [0.2, 0.25) is 0 Å². The number of benzene rings is 1. The molecule has 22 heavy (non-hydrogen) atoms. The molecule has 0 aliphatic carbocycles. The lowest BCUT2D eigenvalue weighted by atomic mass is 9.96. The Morgan fingerprint density at radius 2 is 2.18 bits per heavy atom. The van der Waals surface area contributed by atoms with Crippen molar-refractivity contribution in [2.75, 3.05) is 13.2 Å². The molecule has 6 heteroatoms. The number of hydrogen-bond acceptors (Lipinski definition) is 5. The van der Waals surface area contributed by atoms with E-state index in [1.165, 1.54) is 11.5 Å². The molecule has 3 rings (SSSR count). The Kier molecular flexibility index (Phi) is 4.49. The summed E-state index contributed by atoms with van der Waals surface area (Å²) in [5, 5.41) is 8.88. The van der Waals surface area contributed by atoms with Crippen molar-refractivity contribution in [1.82, 2.24) is 14.9 Å². The molecule has 1 fully saturated rings. The first-order chi connectivity index (χ1) is 10.7. The van der Waals surface area contributed by atoms with Crippen molar-refractivity contribution in [3.05, 3.63) is 35.2 Å². The molecular formula is C16H19N3O2S. The lowest BCUT2D eigenvalue weighted by Gasteiger charge is -2.33. The van der Waals surface area contributed by atoms with Crippen LogP contribution < -0.4 is 5.32 Å². The molecule has 2 aromatic rings. The maximum absolute atomic E-state index is 12.2. The smallest absolute Gasteiger partial charge is 0.251 e. The van der Waals surface area contributed by atoms with E-state index in [1.54, 1.807) is 0 Å². The van der Waals surface area contributed by atoms with Crippen LogP contribution >= 0.6 is 11.5 Å². The summed E-state index contributed by atoms with van der Waals surface area (Å²) in [4.78, 5) is 12.2. The number of ether oxygens (including phenoxy) is 1. The van der Waals surface area contributed by atoms with Gasteiger partial charge in [-0.1, -0.05) is 16.6 Å². The molecule has 1 unspecified atom stereocenters. The number of hydrogen-bond donors (Lipinski definition) is 1. The predicted octanol–water partition coefficient (Wildman–Crippen LogP) is 2.89. The predicted molar refractivity (Wildman–Crippen MR) is 85.9 cm³/mol. The molecule has 1 aliphatic rings. The zero-order chi connectivity index (χ0) is 15.4. The number of rotatable bonds is 4. The highest BCUT2D eigenvalue weighted by Gasteiger charge is 2.28. The summed E-state index contributed by atoms with van der Waals surface area (Å²) < 4.78 is 9.63. The van der Waals surface area contributed by atoms with E-state index in [-0.39, 0.29) is 11.5 Å². The number of carbonyl (C=O) groups is 1. The molecule has 1 amide bonds. The van der Waals surface area contributed by atoms with Gasteiger partial charge >= 0.3 is 0 Å². The Labute approximate surface area is 133 Å². The fourth-order valence-electron chi connectivity index (χ4n) is 2.58. The topological polar surface area (TPSA) is 64.1 Å². The minimum atomic E-state index is -0.236. The number of carbonyl (C=O) groups excluding carboxylic acids is 1. The SMILES string of the molecule is CC1(CNC(=O)c2ccc(-c3csnn3)cc2)CCCCO1. The van der Waals surface area contributed by atoms with E-state index in [2.05, 4.69) is 21.8 Å². The normalized spacial score (nSPS) is 21.5. The number of aromatic nitrogens is 2. The maximum Gasteiger partial charge on any atom is 0.251 e. The first-order valence-electron chi connectivity index (χ1n) is 7.46. The van der Waals surface area contributed by atoms with E-state index in [0.29, 0.717) is 12.1 Å². The highest BCUT2D eigenvalue weighted by atomic mass is 32.1. The van der Waals surface area contributed by atoms with E-state index in [0.717, 1.165) is 37.1 Å². The monoisotopic (exact) mass is 317 g/mol. The van der Waals surface area contributed by atoms with Gasteiger partial charge in [-0.05, 0) is 49.9 Å². The van der Waals surface area contributed by atoms with Gasteiger partial charge in [0.15, 0.2) is 0 Å². The highest BCUT2D eigenvalue weighted by Crippen LogP contribution is 2.23. The third kappa shape index (κ3) is 3.51. The van der Waals surface area contributed by atoms with Crippen molar-refractivity contribution in [3.63, 3.8) is 0 Å². The van der Waals surface area contributed by atoms with Crippen molar-refractivity contribution < 1.29 is 9.53 Å². The van der Waals surface area contributed by atoms with Crippen LogP contribution in [0.5, 0.6) is 0 Å². The van der Waals surface area contributed by atoms with Crippen LogP contribution in [0.25, 0.3) is 11.3 Å². The fourth-order valence-corrected chi connectivity index (χ4v) is 3.05. The molecule has 1 atom stereocenters. The summed E-state index contributed by atoms with van der Waals surface area (Å²) in [7, 11) is 0. The Morgan fingerprint density at radius 3 is 2.82 bits per heavy atom. The van der Waals surface area contributed by atoms with E-state index in [4.69, 9.17) is 4.74 Å². The Balaban J connectivity index is 1.60. The van der Waals surface area contributed by atoms with Gasteiger partial charge in [0.25, 0.3) is 5.91 Å². The maximum atomic E-state index is 12.2. The van der Waals surface area contributed by atoms with Gasteiger partial charge in [-0.3, -0.25) is 4.79 Å². The van der Waals surface area contributed by atoms with Crippen molar-refractivity contribution in [3.8, 4) is 11.3 Å². The second-order valence-electron chi connectivity index (χ2n) is 5.81. The van der Waals surface area contributed by atoms with Crippen molar-refractivity contribution in [2.24, 2.45) is 0 Å². The number of amides is 1. The minimum Gasteiger partial charge on any atom is -0.373 e. The first-order valence-corrected chi connectivity index (χ1v) is 8.30. The van der Waals surface area contributed by atoms with Crippen molar-refractivity contribution in [2.45, 2.75) is 31.8 Å². The molecule has 1 aromatic carbocycles. The van der Waals surface area contributed by atoms with Crippen LogP contribution in [0.4, 0.5) is 0 Å². The first kappa shape index (κ1) is 15.1. The van der Waals surface area contributed by atoms with E-state index >= 15 is 0 Å². The minimum absolute atomic E-state index is 0.0710. The molecule has 116 valence electrons. The van der Waals surface area contributed by atoms with Gasteiger partial charge < -0.3 is 10.1 Å². The lowest BCUT2D eigenvalue weighted by Crippen LogP contribution is -2.44. The van der Waals surface area contributed by atoms with Crippen LogP contribution in [-0.4, -0.2) is 34.2 Å². The van der Waals surface area contributed by atoms with Crippen LogP contribution in [0, 0.1) is 0 Å².